The van der Waals surface area contributed by atoms with E-state index in [4.69, 9.17) is 0 Å². The van der Waals surface area contributed by atoms with Crippen molar-refractivity contribution in [3.63, 3.8) is 0 Å². The van der Waals surface area contributed by atoms with Crippen LogP contribution in [0, 0.1) is 0 Å². The fourth-order valence-electron chi connectivity index (χ4n) is 3.97. The number of nitrogens with zero attached hydrogens (tertiary/aromatic N) is 7. The molecule has 0 saturated carbocycles. The Morgan fingerprint density at radius 2 is 2.16 bits per heavy atom. The fourth-order valence-corrected chi connectivity index (χ4v) is 3.97. The van der Waals surface area contributed by atoms with Gasteiger partial charge in [0.25, 0.3) is 0 Å². The summed E-state index contributed by atoms with van der Waals surface area (Å²) < 4.78 is 3.71. The predicted molar refractivity (Wildman–Crippen MR) is 117 cm³/mol. The van der Waals surface area contributed by atoms with Crippen molar-refractivity contribution in [3.05, 3.63) is 43.2 Å². The molecule has 2 unspecified atom stereocenters. The molecule has 5 rings (SSSR count). The van der Waals surface area contributed by atoms with Crippen LogP contribution in [0.5, 0.6) is 0 Å². The summed E-state index contributed by atoms with van der Waals surface area (Å²) >= 11 is 0. The van der Waals surface area contributed by atoms with E-state index in [2.05, 4.69) is 49.7 Å². The van der Waals surface area contributed by atoms with Gasteiger partial charge >= 0.3 is 0 Å². The standard InChI is InChI=1S/C21H25N9O/c1-13(2)26-16-7-20(29-6-4-14-8-23-12-25-21(14)29)24-9-15(16)17-11-30(28-27-17)18-3-5-22-10-19(18)31/h4,6-9,11-13,18-19,22,31H,3,5,10H2,1-2H3,(H,24,26). The molecule has 1 aliphatic rings. The van der Waals surface area contributed by atoms with Crippen molar-refractivity contribution >= 4 is 16.7 Å². The molecule has 1 fully saturated rings. The second-order valence-electron chi connectivity index (χ2n) is 8.09. The van der Waals surface area contributed by atoms with Gasteiger partial charge in [-0.3, -0.25) is 4.57 Å². The van der Waals surface area contributed by atoms with E-state index in [0.717, 1.165) is 41.1 Å². The highest BCUT2D eigenvalue weighted by Crippen LogP contribution is 2.30. The lowest BCUT2D eigenvalue weighted by Gasteiger charge is -2.27. The number of aliphatic hydroxyl groups excluding tert-OH is 1. The Bertz CT molecular complexity index is 1200. The normalized spacial score (nSPS) is 19.2. The number of aromatic nitrogens is 7. The number of rotatable bonds is 5. The van der Waals surface area contributed by atoms with Gasteiger partial charge in [0.1, 0.15) is 23.5 Å². The molecule has 160 valence electrons. The van der Waals surface area contributed by atoms with Crippen LogP contribution in [0.3, 0.4) is 0 Å². The van der Waals surface area contributed by atoms with Crippen molar-refractivity contribution in [1.82, 2.24) is 39.8 Å². The number of anilines is 1. The van der Waals surface area contributed by atoms with Gasteiger partial charge in [-0.2, -0.15) is 0 Å². The topological polar surface area (TPSA) is 119 Å². The summed E-state index contributed by atoms with van der Waals surface area (Å²) in [7, 11) is 0. The zero-order chi connectivity index (χ0) is 21.4. The minimum Gasteiger partial charge on any atom is -0.390 e. The second-order valence-corrected chi connectivity index (χ2v) is 8.09. The van der Waals surface area contributed by atoms with Crippen LogP contribution in [-0.4, -0.2) is 64.9 Å². The van der Waals surface area contributed by atoms with Gasteiger partial charge in [0.05, 0.1) is 18.3 Å². The van der Waals surface area contributed by atoms with Crippen LogP contribution in [0.15, 0.2) is 43.2 Å². The molecule has 4 aromatic rings. The van der Waals surface area contributed by atoms with Crippen molar-refractivity contribution in [2.24, 2.45) is 0 Å². The van der Waals surface area contributed by atoms with Crippen molar-refractivity contribution in [2.75, 3.05) is 18.4 Å². The zero-order valence-corrected chi connectivity index (χ0v) is 17.5. The smallest absolute Gasteiger partial charge is 0.149 e. The molecule has 0 bridgehead atoms. The Balaban J connectivity index is 1.53. The molecule has 0 aliphatic carbocycles. The molecule has 0 amide bonds. The third kappa shape index (κ3) is 3.75. The average molecular weight is 419 g/mol. The van der Waals surface area contributed by atoms with Gasteiger partial charge in [-0.25, -0.2) is 19.6 Å². The van der Waals surface area contributed by atoms with Crippen LogP contribution in [0.2, 0.25) is 0 Å². The van der Waals surface area contributed by atoms with Gasteiger partial charge in [-0.15, -0.1) is 5.10 Å². The Morgan fingerprint density at radius 3 is 3.00 bits per heavy atom. The molecule has 3 N–H and O–H groups in total. The number of piperidine rings is 1. The van der Waals surface area contributed by atoms with Gasteiger partial charge < -0.3 is 15.7 Å². The monoisotopic (exact) mass is 419 g/mol. The molecular weight excluding hydrogens is 394 g/mol. The van der Waals surface area contributed by atoms with Crippen molar-refractivity contribution in [1.29, 1.82) is 0 Å². The van der Waals surface area contributed by atoms with Gasteiger partial charge in [0.2, 0.25) is 0 Å². The molecule has 0 aromatic carbocycles. The highest BCUT2D eigenvalue weighted by atomic mass is 16.3. The molecule has 0 radical (unpaired) electrons. The van der Waals surface area contributed by atoms with E-state index in [9.17, 15) is 5.11 Å². The first-order valence-electron chi connectivity index (χ1n) is 10.4. The third-order valence-electron chi connectivity index (χ3n) is 5.47. The number of fused-ring (bicyclic) bond motifs is 1. The van der Waals surface area contributed by atoms with E-state index in [1.165, 1.54) is 6.33 Å². The number of hydrogen-bond acceptors (Lipinski definition) is 8. The van der Waals surface area contributed by atoms with Crippen LogP contribution in [-0.2, 0) is 0 Å². The minimum absolute atomic E-state index is 0.0813. The quantitative estimate of drug-likeness (QED) is 0.448. The first kappa shape index (κ1) is 19.6. The molecule has 4 aromatic heterocycles. The molecule has 0 spiro atoms. The summed E-state index contributed by atoms with van der Waals surface area (Å²) in [5, 5.41) is 26.6. The van der Waals surface area contributed by atoms with Gasteiger partial charge in [-0.05, 0) is 32.9 Å². The lowest BCUT2D eigenvalue weighted by Crippen LogP contribution is -2.41. The summed E-state index contributed by atoms with van der Waals surface area (Å²) in [4.78, 5) is 13.1. The number of aliphatic hydroxyl groups is 1. The maximum atomic E-state index is 10.3. The molecule has 5 heterocycles. The van der Waals surface area contributed by atoms with E-state index < -0.39 is 6.10 Å². The third-order valence-corrected chi connectivity index (χ3v) is 5.47. The first-order chi connectivity index (χ1) is 15.1. The first-order valence-corrected chi connectivity index (χ1v) is 10.4. The minimum atomic E-state index is -0.485. The Morgan fingerprint density at radius 1 is 1.26 bits per heavy atom. The zero-order valence-electron chi connectivity index (χ0n) is 17.5. The van der Waals surface area contributed by atoms with Gasteiger partial charge in [-0.1, -0.05) is 5.21 Å². The molecule has 1 saturated heterocycles. The molecule has 2 atom stereocenters. The number of nitrogens with one attached hydrogen (secondary N) is 2. The highest BCUT2D eigenvalue weighted by molar-refractivity contribution is 5.79. The molecular formula is C21H25N9O. The summed E-state index contributed by atoms with van der Waals surface area (Å²) in [6, 6.07) is 4.10. The van der Waals surface area contributed by atoms with E-state index in [1.54, 1.807) is 17.1 Å². The van der Waals surface area contributed by atoms with E-state index in [0.29, 0.717) is 12.2 Å². The average Bonchev–Trinajstić information content (AvgIpc) is 3.41. The van der Waals surface area contributed by atoms with Crippen molar-refractivity contribution in [3.8, 4) is 17.1 Å². The lowest BCUT2D eigenvalue weighted by molar-refractivity contribution is 0.0800. The fraction of sp³-hybridized carbons (Fsp3) is 0.381. The highest BCUT2D eigenvalue weighted by Gasteiger charge is 2.26. The van der Waals surface area contributed by atoms with E-state index in [1.807, 2.05) is 29.1 Å². The SMILES string of the molecule is CC(C)Nc1cc(-n2ccc3cncnc32)ncc1-c1cn(C2CCNCC2O)nn1. The summed E-state index contributed by atoms with van der Waals surface area (Å²) in [6.07, 6.45) is 9.28. The Labute approximate surface area is 179 Å². The number of hydrogen-bond donors (Lipinski definition) is 3. The second kappa shape index (κ2) is 8.05. The summed E-state index contributed by atoms with van der Waals surface area (Å²) in [6.45, 7) is 5.58. The Hall–Kier alpha value is -3.37. The molecule has 31 heavy (non-hydrogen) atoms. The predicted octanol–water partition coefficient (Wildman–Crippen LogP) is 1.79. The maximum absolute atomic E-state index is 10.3. The van der Waals surface area contributed by atoms with E-state index in [-0.39, 0.29) is 12.1 Å². The van der Waals surface area contributed by atoms with Gasteiger partial charge in [0, 0.05) is 53.9 Å². The Kier molecular flexibility index (Phi) is 5.08. The largest absolute Gasteiger partial charge is 0.390 e. The van der Waals surface area contributed by atoms with Crippen LogP contribution < -0.4 is 10.6 Å². The summed E-state index contributed by atoms with van der Waals surface area (Å²) in [5.41, 5.74) is 3.29. The van der Waals surface area contributed by atoms with Crippen molar-refractivity contribution in [2.45, 2.75) is 38.5 Å². The van der Waals surface area contributed by atoms with Crippen LogP contribution >= 0.6 is 0 Å². The summed E-state index contributed by atoms with van der Waals surface area (Å²) in [5.74, 6) is 0.752. The molecule has 10 nitrogen and oxygen atoms in total. The number of β-amino-alcohol motifs (C(OH)–C–C–N with tert-alkyl or cyclic N) is 1. The maximum Gasteiger partial charge on any atom is 0.149 e. The van der Waals surface area contributed by atoms with E-state index >= 15 is 0 Å². The van der Waals surface area contributed by atoms with Crippen LogP contribution in [0.1, 0.15) is 26.3 Å². The van der Waals surface area contributed by atoms with Gasteiger partial charge in [0.15, 0.2) is 0 Å². The number of pyridine rings is 1. The molecule has 10 heteroatoms. The van der Waals surface area contributed by atoms with Crippen LogP contribution in [0.4, 0.5) is 5.69 Å². The molecule has 1 aliphatic heterocycles. The van der Waals surface area contributed by atoms with Crippen LogP contribution in [0.25, 0.3) is 28.1 Å². The van der Waals surface area contributed by atoms with Crippen molar-refractivity contribution < 1.29 is 5.11 Å². The lowest BCUT2D eigenvalue weighted by atomic mass is 10.0.